The van der Waals surface area contributed by atoms with Gasteiger partial charge < -0.3 is 9.84 Å². The average molecular weight is 537 g/mol. The van der Waals surface area contributed by atoms with Crippen LogP contribution in [0, 0.1) is 13.8 Å². The fourth-order valence-electron chi connectivity index (χ4n) is 5.19. The Morgan fingerprint density at radius 2 is 1.92 bits per heavy atom. The zero-order chi connectivity index (χ0) is 27.2. The predicted octanol–water partition coefficient (Wildman–Crippen LogP) is 5.50. The van der Waals surface area contributed by atoms with Crippen molar-refractivity contribution in [3.05, 3.63) is 82.4 Å². The van der Waals surface area contributed by atoms with Crippen molar-refractivity contribution in [2.24, 2.45) is 7.05 Å². The first kappa shape index (κ1) is 26.2. The summed E-state index contributed by atoms with van der Waals surface area (Å²) >= 11 is 0. The molecule has 0 fully saturated rings. The Balaban J connectivity index is 1.54. The van der Waals surface area contributed by atoms with Gasteiger partial charge in [-0.3, -0.25) is 13.9 Å². The first-order chi connectivity index (χ1) is 18.1. The molecule has 0 bridgehead atoms. The SMILES string of the molecule is Cc1ccc(C(CC(=O)O)c2ccc3c(nnn3C)c2C)cc1CN1C[C@@H](C)Oc2ccccc2S1(O)O. The minimum absolute atomic E-state index is 0.0910. The number of carboxylic acid groups (broad SMARTS) is 1. The molecule has 0 saturated heterocycles. The van der Waals surface area contributed by atoms with Gasteiger partial charge in [0.05, 0.1) is 18.5 Å². The van der Waals surface area contributed by atoms with Gasteiger partial charge in [0, 0.05) is 19.5 Å². The maximum atomic E-state index is 12.0. The number of aliphatic carboxylic acids is 1. The molecule has 5 rings (SSSR count). The number of carboxylic acids is 1. The first-order valence-corrected chi connectivity index (χ1v) is 14.0. The molecular weight excluding hydrogens is 504 g/mol. The highest BCUT2D eigenvalue weighted by Crippen LogP contribution is 2.57. The van der Waals surface area contributed by atoms with Crippen LogP contribution in [0.15, 0.2) is 59.5 Å². The molecule has 1 aliphatic rings. The number of ether oxygens (including phenoxy) is 1. The lowest BCUT2D eigenvalue weighted by molar-refractivity contribution is -0.137. The number of carbonyl (C=O) groups is 1. The fraction of sp³-hybridized carbons (Fsp3) is 0.321. The average Bonchev–Trinajstić information content (AvgIpc) is 3.21. The number of nitrogens with zero attached hydrogens (tertiary/aromatic N) is 4. The Bertz CT molecular complexity index is 1520. The van der Waals surface area contributed by atoms with Gasteiger partial charge in [0.15, 0.2) is 0 Å². The largest absolute Gasteiger partial charge is 0.487 e. The lowest BCUT2D eigenvalue weighted by atomic mass is 9.84. The summed E-state index contributed by atoms with van der Waals surface area (Å²) in [6.45, 7) is 6.41. The van der Waals surface area contributed by atoms with Crippen molar-refractivity contribution in [2.75, 3.05) is 6.54 Å². The molecule has 1 aliphatic heterocycles. The van der Waals surface area contributed by atoms with Crippen LogP contribution in [0.3, 0.4) is 0 Å². The number of fused-ring (bicyclic) bond motifs is 2. The lowest BCUT2D eigenvalue weighted by Crippen LogP contribution is -2.33. The Kier molecular flexibility index (Phi) is 6.91. The fourth-order valence-corrected chi connectivity index (χ4v) is 6.85. The van der Waals surface area contributed by atoms with E-state index in [2.05, 4.69) is 10.3 Å². The van der Waals surface area contributed by atoms with Crippen LogP contribution in [0.2, 0.25) is 0 Å². The molecule has 38 heavy (non-hydrogen) atoms. The van der Waals surface area contributed by atoms with Crippen molar-refractivity contribution in [3.8, 4) is 5.75 Å². The topological polar surface area (TPSA) is 121 Å². The summed E-state index contributed by atoms with van der Waals surface area (Å²) in [7, 11) is -1.48. The summed E-state index contributed by atoms with van der Waals surface area (Å²) in [4.78, 5) is 12.3. The van der Waals surface area contributed by atoms with Gasteiger partial charge in [-0.1, -0.05) is 41.6 Å². The van der Waals surface area contributed by atoms with Crippen LogP contribution in [-0.2, 0) is 18.4 Å². The normalized spacial score (nSPS) is 18.8. The summed E-state index contributed by atoms with van der Waals surface area (Å²) in [5.74, 6) is -0.838. The number of benzene rings is 3. The Hall–Kier alpha value is -3.44. The second-order valence-electron chi connectivity index (χ2n) is 9.91. The summed E-state index contributed by atoms with van der Waals surface area (Å²) in [5, 5.41) is 18.2. The third-order valence-electron chi connectivity index (χ3n) is 7.25. The van der Waals surface area contributed by atoms with Gasteiger partial charge in [-0.05, 0) is 66.8 Å². The second kappa shape index (κ2) is 10.0. The van der Waals surface area contributed by atoms with Gasteiger partial charge in [0.1, 0.15) is 22.3 Å². The van der Waals surface area contributed by atoms with Gasteiger partial charge in [-0.15, -0.1) is 15.9 Å². The summed E-state index contributed by atoms with van der Waals surface area (Å²) in [6, 6.07) is 16.8. The highest BCUT2D eigenvalue weighted by molar-refractivity contribution is 8.22. The van der Waals surface area contributed by atoms with Crippen molar-refractivity contribution >= 4 is 27.8 Å². The van der Waals surface area contributed by atoms with E-state index in [9.17, 15) is 19.0 Å². The summed E-state index contributed by atoms with van der Waals surface area (Å²) in [5.41, 5.74) is 6.12. The molecule has 0 spiro atoms. The highest BCUT2D eigenvalue weighted by Gasteiger charge is 2.34. The monoisotopic (exact) mass is 536 g/mol. The summed E-state index contributed by atoms with van der Waals surface area (Å²) in [6.07, 6.45) is -0.346. The standard InChI is InChI=1S/C28H32N4O5S/c1-17-9-10-20(23(14-27(33)34)22-11-12-24-28(19(22)3)29-30-31(24)4)13-21(17)16-32-15-18(2)37-25-7-5-6-8-26(25)38(32,35)36/h5-13,18,23,35-36H,14-16H2,1-4H3,(H,33,34)/t18-,23?/m1/s1. The molecule has 0 aliphatic carbocycles. The molecule has 10 heteroatoms. The van der Waals surface area contributed by atoms with Crippen molar-refractivity contribution < 1.29 is 23.7 Å². The molecule has 0 saturated carbocycles. The van der Waals surface area contributed by atoms with Gasteiger partial charge >= 0.3 is 5.97 Å². The Labute approximate surface area is 223 Å². The minimum Gasteiger partial charge on any atom is -0.487 e. The van der Waals surface area contributed by atoms with Crippen molar-refractivity contribution in [1.82, 2.24) is 19.3 Å². The van der Waals surface area contributed by atoms with Crippen LogP contribution in [-0.4, -0.2) is 52.1 Å². The number of aryl methyl sites for hydroxylation is 3. The summed E-state index contributed by atoms with van der Waals surface area (Å²) < 4.78 is 32.0. The lowest BCUT2D eigenvalue weighted by Gasteiger charge is -2.42. The molecule has 0 amide bonds. The van der Waals surface area contributed by atoms with Crippen LogP contribution in [0.1, 0.15) is 47.1 Å². The van der Waals surface area contributed by atoms with E-state index in [-0.39, 0.29) is 19.1 Å². The molecule has 200 valence electrons. The van der Waals surface area contributed by atoms with E-state index in [1.165, 1.54) is 0 Å². The van der Waals surface area contributed by atoms with Crippen LogP contribution in [0.5, 0.6) is 5.75 Å². The van der Waals surface area contributed by atoms with Gasteiger partial charge in [-0.25, -0.2) is 4.68 Å². The molecule has 1 unspecified atom stereocenters. The number of hydrogen-bond acceptors (Lipinski definition) is 7. The molecule has 3 N–H and O–H groups in total. The smallest absolute Gasteiger partial charge is 0.304 e. The quantitative estimate of drug-likeness (QED) is 0.295. The van der Waals surface area contributed by atoms with E-state index in [1.807, 2.05) is 64.2 Å². The molecule has 4 aromatic rings. The highest BCUT2D eigenvalue weighted by atomic mass is 32.3. The van der Waals surface area contributed by atoms with Crippen LogP contribution < -0.4 is 4.74 Å². The predicted molar refractivity (Wildman–Crippen MR) is 147 cm³/mol. The third kappa shape index (κ3) is 4.76. The number of para-hydroxylation sites is 1. The first-order valence-electron chi connectivity index (χ1n) is 12.5. The number of rotatable bonds is 6. The number of hydrogen-bond donors (Lipinski definition) is 3. The van der Waals surface area contributed by atoms with E-state index < -0.39 is 22.7 Å². The molecular formula is C28H32N4O5S. The van der Waals surface area contributed by atoms with Gasteiger partial charge in [-0.2, -0.15) is 4.31 Å². The van der Waals surface area contributed by atoms with Gasteiger partial charge in [0.25, 0.3) is 0 Å². The van der Waals surface area contributed by atoms with Crippen molar-refractivity contribution in [1.29, 1.82) is 0 Å². The zero-order valence-corrected chi connectivity index (χ0v) is 22.6. The Morgan fingerprint density at radius 3 is 2.68 bits per heavy atom. The van der Waals surface area contributed by atoms with Crippen molar-refractivity contribution in [3.63, 3.8) is 0 Å². The van der Waals surface area contributed by atoms with Crippen molar-refractivity contribution in [2.45, 2.75) is 50.7 Å². The molecule has 2 atom stereocenters. The van der Waals surface area contributed by atoms with E-state index in [1.54, 1.807) is 27.2 Å². The van der Waals surface area contributed by atoms with Crippen LogP contribution in [0.25, 0.3) is 11.0 Å². The van der Waals surface area contributed by atoms with E-state index in [4.69, 9.17) is 4.74 Å². The van der Waals surface area contributed by atoms with Gasteiger partial charge in [0.2, 0.25) is 0 Å². The molecule has 3 aromatic carbocycles. The molecule has 2 heterocycles. The van der Waals surface area contributed by atoms with E-state index in [0.717, 1.165) is 38.9 Å². The second-order valence-corrected chi connectivity index (χ2v) is 11.9. The van der Waals surface area contributed by atoms with Crippen LogP contribution >= 0.6 is 10.8 Å². The minimum atomic E-state index is -3.30. The number of aromatic nitrogens is 3. The maximum Gasteiger partial charge on any atom is 0.304 e. The van der Waals surface area contributed by atoms with E-state index in [0.29, 0.717) is 17.2 Å². The molecule has 0 radical (unpaired) electrons. The Morgan fingerprint density at radius 1 is 1.16 bits per heavy atom. The zero-order valence-electron chi connectivity index (χ0n) is 21.8. The third-order valence-corrected chi connectivity index (χ3v) is 9.17. The molecule has 1 aromatic heterocycles. The van der Waals surface area contributed by atoms with E-state index >= 15 is 0 Å². The molecule has 9 nitrogen and oxygen atoms in total. The maximum absolute atomic E-state index is 12.0. The van der Waals surface area contributed by atoms with Crippen LogP contribution in [0.4, 0.5) is 0 Å².